The molecule has 30 heavy (non-hydrogen) atoms. The lowest BCUT2D eigenvalue weighted by Crippen LogP contribution is -2.39. The molecule has 0 aliphatic heterocycles. The number of pyridine rings is 1. The van der Waals surface area contributed by atoms with Gasteiger partial charge < -0.3 is 9.80 Å². The Bertz CT molecular complexity index is 995. The molecular weight excluding hydrogens is 442 g/mol. The Kier molecular flexibility index (Phi) is 7.39. The minimum Gasteiger partial charge on any atom is -0.307 e. The van der Waals surface area contributed by atoms with Gasteiger partial charge in [-0.3, -0.25) is 4.79 Å². The molecule has 1 aromatic carbocycles. The van der Waals surface area contributed by atoms with Crippen LogP contribution in [0.25, 0.3) is 5.82 Å². The maximum Gasteiger partial charge on any atom is 0.259 e. The highest BCUT2D eigenvalue weighted by atomic mass is 79.9. The van der Waals surface area contributed by atoms with Crippen molar-refractivity contribution in [3.05, 3.63) is 70.1 Å². The summed E-state index contributed by atoms with van der Waals surface area (Å²) < 4.78 is 2.73. The van der Waals surface area contributed by atoms with E-state index in [2.05, 4.69) is 44.8 Å². The van der Waals surface area contributed by atoms with E-state index in [1.54, 1.807) is 10.9 Å². The van der Waals surface area contributed by atoms with Gasteiger partial charge in [-0.1, -0.05) is 35.8 Å². The molecule has 6 nitrogen and oxygen atoms in total. The molecular formula is C23H28BrN5O. The highest BCUT2D eigenvalue weighted by Gasteiger charge is 2.19. The van der Waals surface area contributed by atoms with E-state index in [0.29, 0.717) is 17.9 Å². The summed E-state index contributed by atoms with van der Waals surface area (Å²) in [6.07, 6.45) is 1.64. The molecule has 0 fully saturated rings. The lowest BCUT2D eigenvalue weighted by molar-refractivity contribution is 0.0983. The van der Waals surface area contributed by atoms with Gasteiger partial charge in [0, 0.05) is 35.1 Å². The van der Waals surface area contributed by atoms with E-state index in [1.807, 2.05) is 61.2 Å². The van der Waals surface area contributed by atoms with Crippen molar-refractivity contribution in [3.8, 4) is 5.82 Å². The smallest absolute Gasteiger partial charge is 0.259 e. The van der Waals surface area contributed by atoms with Crippen molar-refractivity contribution in [1.82, 2.24) is 19.7 Å². The third kappa shape index (κ3) is 5.15. The zero-order valence-electron chi connectivity index (χ0n) is 18.0. The summed E-state index contributed by atoms with van der Waals surface area (Å²) in [5.41, 5.74) is 3.37. The highest BCUT2D eigenvalue weighted by Crippen LogP contribution is 2.22. The van der Waals surface area contributed by atoms with Gasteiger partial charge in [-0.25, -0.2) is 9.67 Å². The van der Waals surface area contributed by atoms with Crippen LogP contribution in [0.1, 0.15) is 35.6 Å². The first-order valence-corrected chi connectivity index (χ1v) is 11.0. The first-order chi connectivity index (χ1) is 14.4. The maximum absolute atomic E-state index is 13.4. The average Bonchev–Trinajstić information content (AvgIpc) is 3.09. The van der Waals surface area contributed by atoms with Crippen LogP contribution in [0.5, 0.6) is 0 Å². The van der Waals surface area contributed by atoms with E-state index in [-0.39, 0.29) is 5.91 Å². The minimum absolute atomic E-state index is 0.0623. The van der Waals surface area contributed by atoms with Gasteiger partial charge in [0.05, 0.1) is 11.3 Å². The van der Waals surface area contributed by atoms with Crippen LogP contribution in [0.15, 0.2) is 53.1 Å². The summed E-state index contributed by atoms with van der Waals surface area (Å²) in [7, 11) is 0. The topological polar surface area (TPSA) is 54.3 Å². The van der Waals surface area contributed by atoms with Gasteiger partial charge in [0.15, 0.2) is 5.82 Å². The fourth-order valence-electron chi connectivity index (χ4n) is 3.43. The summed E-state index contributed by atoms with van der Waals surface area (Å²) in [4.78, 5) is 22.0. The molecule has 0 aliphatic rings. The molecule has 3 rings (SSSR count). The van der Waals surface area contributed by atoms with Crippen molar-refractivity contribution in [2.24, 2.45) is 0 Å². The summed E-state index contributed by atoms with van der Waals surface area (Å²) in [6, 6.07) is 13.5. The SMILES string of the molecule is CCN(CC)CCN(C(=O)c1ccc(-n2nc(C)cc2C)nc1)c1cccc(Br)c1. The Hall–Kier alpha value is -2.51. The van der Waals surface area contributed by atoms with Crippen LogP contribution in [0.4, 0.5) is 5.69 Å². The number of hydrogen-bond donors (Lipinski definition) is 0. The van der Waals surface area contributed by atoms with Crippen molar-refractivity contribution in [1.29, 1.82) is 0 Å². The molecule has 0 bridgehead atoms. The molecule has 7 heteroatoms. The number of nitrogens with zero attached hydrogens (tertiary/aromatic N) is 5. The number of rotatable bonds is 8. The first-order valence-electron chi connectivity index (χ1n) is 10.2. The van der Waals surface area contributed by atoms with Crippen molar-refractivity contribution >= 4 is 27.5 Å². The van der Waals surface area contributed by atoms with E-state index in [4.69, 9.17) is 0 Å². The molecule has 0 N–H and O–H groups in total. The van der Waals surface area contributed by atoms with Gasteiger partial charge in [0.2, 0.25) is 0 Å². The zero-order chi connectivity index (χ0) is 21.7. The number of halogens is 1. The second kappa shape index (κ2) is 10.00. The van der Waals surface area contributed by atoms with Crippen molar-refractivity contribution in [3.63, 3.8) is 0 Å². The Morgan fingerprint density at radius 2 is 1.83 bits per heavy atom. The highest BCUT2D eigenvalue weighted by molar-refractivity contribution is 9.10. The van der Waals surface area contributed by atoms with Gasteiger partial charge in [0.25, 0.3) is 5.91 Å². The van der Waals surface area contributed by atoms with E-state index in [9.17, 15) is 4.79 Å². The fourth-order valence-corrected chi connectivity index (χ4v) is 3.81. The Labute approximate surface area is 186 Å². The maximum atomic E-state index is 13.4. The quantitative estimate of drug-likeness (QED) is 0.482. The molecule has 0 saturated heterocycles. The molecule has 0 radical (unpaired) electrons. The average molecular weight is 470 g/mol. The molecule has 0 atom stereocenters. The van der Waals surface area contributed by atoms with Crippen molar-refractivity contribution in [2.75, 3.05) is 31.1 Å². The third-order valence-electron chi connectivity index (χ3n) is 5.12. The number of amides is 1. The number of hydrogen-bond acceptors (Lipinski definition) is 4. The molecule has 0 saturated carbocycles. The predicted octanol–water partition coefficient (Wildman–Crippen LogP) is 4.64. The van der Waals surface area contributed by atoms with Gasteiger partial charge in [-0.15, -0.1) is 0 Å². The lowest BCUT2D eigenvalue weighted by atomic mass is 10.2. The lowest BCUT2D eigenvalue weighted by Gasteiger charge is -2.27. The van der Waals surface area contributed by atoms with E-state index >= 15 is 0 Å². The minimum atomic E-state index is -0.0623. The Morgan fingerprint density at radius 1 is 1.07 bits per heavy atom. The fraction of sp³-hybridized carbons (Fsp3) is 0.348. The predicted molar refractivity (Wildman–Crippen MR) is 124 cm³/mol. The first kappa shape index (κ1) is 22.2. The number of likely N-dealkylation sites (N-methyl/N-ethyl adjacent to an activating group) is 1. The normalized spacial score (nSPS) is 11.1. The molecule has 2 aromatic heterocycles. The zero-order valence-corrected chi connectivity index (χ0v) is 19.6. The summed E-state index contributed by atoms with van der Waals surface area (Å²) >= 11 is 3.52. The third-order valence-corrected chi connectivity index (χ3v) is 5.61. The van der Waals surface area contributed by atoms with Crippen LogP contribution < -0.4 is 4.90 Å². The molecule has 0 unspecified atom stereocenters. The van der Waals surface area contributed by atoms with E-state index in [0.717, 1.165) is 41.2 Å². The second-order valence-electron chi connectivity index (χ2n) is 7.21. The van der Waals surface area contributed by atoms with Crippen LogP contribution in [0.3, 0.4) is 0 Å². The summed E-state index contributed by atoms with van der Waals surface area (Å²) in [5, 5.41) is 4.46. The number of aromatic nitrogens is 3. The van der Waals surface area contributed by atoms with Crippen LogP contribution >= 0.6 is 15.9 Å². The second-order valence-corrected chi connectivity index (χ2v) is 8.12. The molecule has 0 aliphatic carbocycles. The van der Waals surface area contributed by atoms with Crippen LogP contribution in [0, 0.1) is 13.8 Å². The van der Waals surface area contributed by atoms with Gasteiger partial charge in [0.1, 0.15) is 0 Å². The van der Waals surface area contributed by atoms with Gasteiger partial charge in [-0.2, -0.15) is 5.10 Å². The molecule has 158 valence electrons. The van der Waals surface area contributed by atoms with Gasteiger partial charge >= 0.3 is 0 Å². The van der Waals surface area contributed by atoms with Crippen molar-refractivity contribution in [2.45, 2.75) is 27.7 Å². The van der Waals surface area contributed by atoms with Crippen LogP contribution in [-0.2, 0) is 0 Å². The van der Waals surface area contributed by atoms with E-state index < -0.39 is 0 Å². The summed E-state index contributed by atoms with van der Waals surface area (Å²) in [5.74, 6) is 0.641. The van der Waals surface area contributed by atoms with Crippen molar-refractivity contribution < 1.29 is 4.79 Å². The van der Waals surface area contributed by atoms with Crippen LogP contribution in [-0.4, -0.2) is 51.8 Å². The molecule has 0 spiro atoms. The molecule has 2 heterocycles. The summed E-state index contributed by atoms with van der Waals surface area (Å²) in [6.45, 7) is 11.5. The van der Waals surface area contributed by atoms with Crippen LogP contribution in [0.2, 0.25) is 0 Å². The molecule has 1 amide bonds. The number of anilines is 1. The van der Waals surface area contributed by atoms with Gasteiger partial charge in [-0.05, 0) is 63.3 Å². The Morgan fingerprint density at radius 3 is 2.40 bits per heavy atom. The van der Waals surface area contributed by atoms with E-state index in [1.165, 1.54) is 0 Å². The number of carbonyl (C=O) groups is 1. The number of aryl methyl sites for hydroxylation is 2. The Balaban J connectivity index is 1.87. The monoisotopic (exact) mass is 469 g/mol. The molecule has 3 aromatic rings. The number of carbonyl (C=O) groups excluding carboxylic acids is 1. The standard InChI is InChI=1S/C23H28BrN5O/c1-5-27(6-2)12-13-28(21-9-7-8-20(24)15-21)23(30)19-10-11-22(25-16-19)29-18(4)14-17(3)26-29/h7-11,14-16H,5-6,12-13H2,1-4H3. The largest absolute Gasteiger partial charge is 0.307 e. The number of benzene rings is 1.